The molecule has 3 radical (unpaired) electrons. The van der Waals surface area contributed by atoms with Crippen LogP contribution >= 0.6 is 15.9 Å². The molecule has 8 N–H and O–H groups in total. The van der Waals surface area contributed by atoms with Crippen molar-refractivity contribution in [1.29, 1.82) is 0 Å². The number of carboxylic acids is 1. The Morgan fingerprint density at radius 2 is 0.776 bits per heavy atom. The Kier molecular flexibility index (Phi) is 49.4. The predicted octanol–water partition coefficient (Wildman–Crippen LogP) is 6.68. The average Bonchev–Trinajstić information content (AvgIpc) is 1.62. The van der Waals surface area contributed by atoms with E-state index in [4.69, 9.17) is 48.7 Å². The molecule has 0 saturated carbocycles. The number of aromatic nitrogens is 2. The van der Waals surface area contributed by atoms with Crippen LogP contribution in [0, 0.1) is 0 Å². The van der Waals surface area contributed by atoms with Crippen LogP contribution in [0.5, 0.6) is 0 Å². The largest absolute Gasteiger partial charge is 1.00 e. The van der Waals surface area contributed by atoms with E-state index in [1.165, 1.54) is 45.5 Å². The second-order valence-corrected chi connectivity index (χ2v) is 25.9. The monoisotopic (exact) mass is 1680 g/mol. The number of aliphatic hydroxyl groups is 3. The number of hydrogen-bond acceptors (Lipinski definition) is 24. The fourth-order valence-corrected chi connectivity index (χ4v) is 11.2. The molecule has 605 valence electrons. The number of piperazine rings is 2. The Morgan fingerprint density at radius 1 is 0.474 bits per heavy atom. The van der Waals surface area contributed by atoms with Crippen molar-refractivity contribution >= 4 is 111 Å². The number of aromatic amines is 2. The van der Waals surface area contributed by atoms with Crippen molar-refractivity contribution < 1.29 is 120 Å². The van der Waals surface area contributed by atoms with Crippen LogP contribution in [-0.4, -0.2) is 185 Å². The van der Waals surface area contributed by atoms with E-state index in [0.29, 0.717) is 34.0 Å². The third-order valence-electron chi connectivity index (χ3n) is 15.9. The van der Waals surface area contributed by atoms with Crippen LogP contribution in [0.2, 0.25) is 0 Å². The first-order chi connectivity index (χ1) is 55.0. The fraction of sp³-hybridized carbons (Fsp3) is 0.202. The first-order valence-electron chi connectivity index (χ1n) is 35.1. The van der Waals surface area contributed by atoms with E-state index in [1.807, 2.05) is 127 Å². The van der Waals surface area contributed by atoms with E-state index in [9.17, 15) is 37.2 Å². The number of para-hydroxylation sites is 2. The molecule has 116 heavy (non-hydrogen) atoms. The summed E-state index contributed by atoms with van der Waals surface area (Å²) in [5.41, 5.74) is 16.2. The molecule has 14 rings (SSSR count). The molecule has 0 amide bonds. The number of aliphatic carboxylic acids is 1. The van der Waals surface area contributed by atoms with Crippen LogP contribution in [0.25, 0.3) is 55.6 Å². The number of benzene rings is 10. The summed E-state index contributed by atoms with van der Waals surface area (Å²) in [6.07, 6.45) is 1.53. The number of aldehydes is 2. The number of carboxylic acid groups (broad SMARTS) is 1. The molecule has 2 saturated heterocycles. The Balaban J connectivity index is 0.000000483. The number of carbonyl (C=O) groups is 5. The SMILES string of the molecule is Brc1ccccc1.CC(=O)OOC(C)=O.CC(=O)[O-].CO.CO.CO.COS(=O)(=O)O.O=Cc1cccc(-c2ccccc2)c1.O=Cc1cccc(B(O)O)c1.O=c1[nH]c2cccc(N3CCN(Cc4cccc(-c5ccccc5)c4)CC3)c2o1.O=c1[nH]c2cccc(N3CCN(Cc4cccc(-c5ccccc5)c4)CC3)c2o1.[B].[Na+]. The molecule has 2 fully saturated rings. The summed E-state index contributed by atoms with van der Waals surface area (Å²) in [6.45, 7) is 12.7. The van der Waals surface area contributed by atoms with Gasteiger partial charge in [0.2, 0.25) is 0 Å². The first kappa shape index (κ1) is 101. The van der Waals surface area contributed by atoms with Gasteiger partial charge in [-0.15, -0.1) is 0 Å². The number of H-pyrrole nitrogens is 2. The van der Waals surface area contributed by atoms with Crippen molar-refractivity contribution in [3.8, 4) is 33.4 Å². The zero-order valence-electron chi connectivity index (χ0n) is 65.5. The number of carbonyl (C=O) groups excluding carboxylic acids is 5. The summed E-state index contributed by atoms with van der Waals surface area (Å²) in [7, 11) is -1.80. The van der Waals surface area contributed by atoms with Gasteiger partial charge in [-0.2, -0.15) is 8.42 Å². The van der Waals surface area contributed by atoms with Crippen LogP contribution in [0.3, 0.4) is 0 Å². The number of anilines is 2. The number of rotatable bonds is 13. The van der Waals surface area contributed by atoms with Crippen molar-refractivity contribution in [2.24, 2.45) is 0 Å². The standard InChI is InChI=1S/2C24H23N3O2.C13H10O.C7H7BO3.C6H5Br.C4H6O4.C2H4O2.CH4O4S.3CH4O.B.Na/c2*28-24-25-21-10-5-11-22(23(21)29-24)27-14-12-26(13-15-27)17-18-6-4-9-20(16-18)19-7-2-1-3-8-19;14-10-11-5-4-8-13(9-11)12-6-2-1-3-7-12;9-5-6-2-1-3-7(4-6)8(10)11;7-6-4-2-1-3-5-6;1-3(5)7-8-4(2)6;1-2(3)4;1-5-6(2,3)4;3*1-2;;/h2*1-11,16H,12-15,17H2,(H,25,28);1-10H;1-5,10-11H;1-5H;1-2H3;1H3,(H,3,4);1H3,(H,2,3,4);3*2H,1H3;;/q;;;;;;;;;;;;+1/p-1. The van der Waals surface area contributed by atoms with Gasteiger partial charge in [-0.3, -0.25) is 38.1 Å². The van der Waals surface area contributed by atoms with E-state index < -0.39 is 46.9 Å². The minimum absolute atomic E-state index is 0. The number of halogens is 1. The van der Waals surface area contributed by atoms with Gasteiger partial charge in [-0.1, -0.05) is 216 Å². The molecular formula is C84H93B2BrN6NaO21S. The van der Waals surface area contributed by atoms with Crippen molar-refractivity contribution in [2.45, 2.75) is 33.9 Å². The summed E-state index contributed by atoms with van der Waals surface area (Å²) in [5.74, 6) is -3.16. The molecule has 27 nitrogen and oxygen atoms in total. The van der Waals surface area contributed by atoms with Crippen LogP contribution in [0.15, 0.2) is 278 Å². The normalized spacial score (nSPS) is 11.6. The molecular weight excluding hydrogens is 1590 g/mol. The topological polar surface area (TPSA) is 397 Å². The predicted molar refractivity (Wildman–Crippen MR) is 448 cm³/mol. The van der Waals surface area contributed by atoms with Gasteiger partial charge < -0.3 is 53.9 Å². The van der Waals surface area contributed by atoms with E-state index in [-0.39, 0.29) is 38.0 Å². The van der Waals surface area contributed by atoms with Gasteiger partial charge in [0, 0.05) is 131 Å². The number of aliphatic hydroxyl groups excluding tert-OH is 3. The first-order valence-corrected chi connectivity index (χ1v) is 37.2. The van der Waals surface area contributed by atoms with Gasteiger partial charge in [-0.25, -0.2) is 29.0 Å². The average molecular weight is 1680 g/mol. The van der Waals surface area contributed by atoms with Gasteiger partial charge >= 0.3 is 70.5 Å². The molecule has 0 spiro atoms. The summed E-state index contributed by atoms with van der Waals surface area (Å²) >= 11 is 3.31. The molecule has 0 unspecified atom stereocenters. The Bertz CT molecular complexity index is 4850. The zero-order valence-corrected chi connectivity index (χ0v) is 69.9. The summed E-state index contributed by atoms with van der Waals surface area (Å²) < 4.78 is 41.6. The molecule has 0 aliphatic carbocycles. The second-order valence-electron chi connectivity index (χ2n) is 23.8. The molecule has 0 bridgehead atoms. The van der Waals surface area contributed by atoms with Gasteiger partial charge in [-0.05, 0) is 111 Å². The zero-order chi connectivity index (χ0) is 83.8. The molecule has 32 heteroatoms. The van der Waals surface area contributed by atoms with Gasteiger partial charge in [0.15, 0.2) is 11.2 Å². The molecule has 10 aromatic carbocycles. The van der Waals surface area contributed by atoms with Gasteiger partial charge in [0.25, 0.3) is 0 Å². The fourth-order valence-electron chi connectivity index (χ4n) is 10.9. The van der Waals surface area contributed by atoms with Gasteiger partial charge in [0.1, 0.15) is 12.6 Å². The third kappa shape index (κ3) is 37.7. The Labute approximate surface area is 706 Å². The van der Waals surface area contributed by atoms with Crippen LogP contribution in [0.4, 0.5) is 11.4 Å². The van der Waals surface area contributed by atoms with E-state index in [0.717, 1.165) is 159 Å². The molecule has 12 aromatic rings. The summed E-state index contributed by atoms with van der Waals surface area (Å²) in [5, 5.41) is 47.3. The van der Waals surface area contributed by atoms with Crippen molar-refractivity contribution in [3.05, 3.63) is 303 Å². The quantitative estimate of drug-likeness (QED) is 0.0196. The summed E-state index contributed by atoms with van der Waals surface area (Å²) in [6, 6.07) is 84.1. The van der Waals surface area contributed by atoms with E-state index >= 15 is 0 Å². The molecule has 0 atom stereocenters. The summed E-state index contributed by atoms with van der Waals surface area (Å²) in [4.78, 5) is 95.2. The minimum Gasteiger partial charge on any atom is -0.550 e. The van der Waals surface area contributed by atoms with E-state index in [2.05, 4.69) is 157 Å². The number of nitrogens with one attached hydrogen (secondary N) is 2. The van der Waals surface area contributed by atoms with Crippen molar-refractivity contribution in [3.63, 3.8) is 0 Å². The van der Waals surface area contributed by atoms with Crippen LogP contribution < -0.4 is 61.4 Å². The third-order valence-corrected chi connectivity index (χ3v) is 16.8. The smallest absolute Gasteiger partial charge is 0.550 e. The maximum absolute atomic E-state index is 11.6. The number of fused-ring (bicyclic) bond motifs is 2. The Morgan fingerprint density at radius 3 is 1.09 bits per heavy atom. The number of nitrogens with zero attached hydrogens (tertiary/aromatic N) is 4. The van der Waals surface area contributed by atoms with Crippen LogP contribution in [0.1, 0.15) is 52.6 Å². The van der Waals surface area contributed by atoms with Crippen molar-refractivity contribution in [2.75, 3.05) is 90.6 Å². The van der Waals surface area contributed by atoms with Crippen LogP contribution in [-0.2, 0) is 51.8 Å². The molecule has 2 aromatic heterocycles. The maximum Gasteiger partial charge on any atom is 1.00 e. The number of hydrogen-bond donors (Lipinski definition) is 8. The molecule has 2 aliphatic heterocycles. The van der Waals surface area contributed by atoms with Gasteiger partial charge in [0.05, 0.1) is 29.5 Å². The minimum atomic E-state index is -4.16. The molecule has 2 aliphatic rings. The maximum atomic E-state index is 11.6. The number of oxazole rings is 2. The van der Waals surface area contributed by atoms with Crippen molar-refractivity contribution in [1.82, 2.24) is 19.8 Å². The molecule has 4 heterocycles. The second kappa shape index (κ2) is 56.5. The van der Waals surface area contributed by atoms with E-state index in [1.54, 1.807) is 18.2 Å². The Hall–Kier alpha value is -10.7.